The lowest BCUT2D eigenvalue weighted by molar-refractivity contribution is -0.268. The minimum Gasteiger partial charge on any atom is -0.205 e. The van der Waals surface area contributed by atoms with Crippen molar-refractivity contribution in [3.05, 3.63) is 11.4 Å². The molecule has 0 aromatic carbocycles. The molecule has 0 fully saturated rings. The van der Waals surface area contributed by atoms with E-state index in [-0.39, 0.29) is 6.92 Å². The van der Waals surface area contributed by atoms with E-state index in [1.54, 1.807) is 0 Å². The zero-order valence-corrected chi connectivity index (χ0v) is 6.15. The van der Waals surface area contributed by atoms with Crippen LogP contribution >= 0.6 is 0 Å². The molecule has 0 spiro atoms. The molecule has 76 valence electrons. The third kappa shape index (κ3) is 0.871. The van der Waals surface area contributed by atoms with Crippen LogP contribution in [0.25, 0.3) is 0 Å². The molecule has 1 rings (SSSR count). The molecule has 0 amide bonds. The second-order valence-electron chi connectivity index (χ2n) is 2.66. The first kappa shape index (κ1) is 10.3. The summed E-state index contributed by atoms with van der Waals surface area (Å²) in [6.07, 6.45) is 0. The highest BCUT2D eigenvalue weighted by Crippen LogP contribution is 2.59. The number of hydrogen-bond donors (Lipinski definition) is 0. The van der Waals surface area contributed by atoms with Gasteiger partial charge < -0.3 is 0 Å². The zero-order valence-electron chi connectivity index (χ0n) is 6.15. The van der Waals surface area contributed by atoms with E-state index < -0.39 is 29.2 Å². The Kier molecular flexibility index (Phi) is 1.74. The topological polar surface area (TPSA) is 0 Å². The lowest BCUT2D eigenvalue weighted by atomic mass is 10.1. The summed E-state index contributed by atoms with van der Waals surface area (Å²) in [6.45, 7) is 0.212. The van der Waals surface area contributed by atoms with Crippen LogP contribution in [0.2, 0.25) is 0 Å². The molecule has 0 aromatic heterocycles. The Balaban J connectivity index is 3.39. The van der Waals surface area contributed by atoms with Gasteiger partial charge in [0.05, 0.1) is 0 Å². The van der Waals surface area contributed by atoms with Crippen molar-refractivity contribution in [2.24, 2.45) is 0 Å². The van der Waals surface area contributed by atoms with E-state index in [2.05, 4.69) is 0 Å². The Hall–Kier alpha value is -0.750. The fourth-order valence-corrected chi connectivity index (χ4v) is 0.944. The van der Waals surface area contributed by atoms with Crippen molar-refractivity contribution in [2.45, 2.75) is 24.7 Å². The molecule has 7 heteroatoms. The summed E-state index contributed by atoms with van der Waals surface area (Å²) >= 11 is 0. The average molecular weight is 208 g/mol. The lowest BCUT2D eigenvalue weighted by Gasteiger charge is -2.23. The van der Waals surface area contributed by atoms with Crippen LogP contribution in [0.5, 0.6) is 0 Å². The van der Waals surface area contributed by atoms with Gasteiger partial charge in [-0.15, -0.1) is 0 Å². The van der Waals surface area contributed by atoms with Gasteiger partial charge in [-0.05, 0) is 6.92 Å². The zero-order chi connectivity index (χ0) is 10.7. The second kappa shape index (κ2) is 2.19. The number of hydrogen-bond acceptors (Lipinski definition) is 0. The van der Waals surface area contributed by atoms with Crippen LogP contribution < -0.4 is 0 Å². The van der Waals surface area contributed by atoms with E-state index in [1.807, 2.05) is 0 Å². The van der Waals surface area contributed by atoms with Gasteiger partial charge in [-0.3, -0.25) is 0 Å². The molecule has 0 atom stereocenters. The predicted octanol–water partition coefficient (Wildman–Crippen LogP) is 3.15. The van der Waals surface area contributed by atoms with Crippen LogP contribution in [0.15, 0.2) is 11.4 Å². The molecule has 0 heterocycles. The average Bonchev–Trinajstić information content (AvgIpc) is 2.05. The summed E-state index contributed by atoms with van der Waals surface area (Å²) < 4.78 is 85.8. The van der Waals surface area contributed by atoms with Gasteiger partial charge >= 0.3 is 17.8 Å². The quantitative estimate of drug-likeness (QED) is 0.536. The third-order valence-electron chi connectivity index (χ3n) is 1.86. The maximum absolute atomic E-state index is 12.3. The van der Waals surface area contributed by atoms with Gasteiger partial charge in [-0.25, -0.2) is 4.39 Å². The Labute approximate surface area is 68.0 Å². The van der Waals surface area contributed by atoms with Crippen LogP contribution in [0.4, 0.5) is 30.7 Å². The fourth-order valence-electron chi connectivity index (χ4n) is 0.944. The molecule has 0 radical (unpaired) electrons. The lowest BCUT2D eigenvalue weighted by Crippen LogP contribution is -2.48. The summed E-state index contributed by atoms with van der Waals surface area (Å²) in [6, 6.07) is 0. The fraction of sp³-hybridized carbons (Fsp3) is 0.667. The molecule has 13 heavy (non-hydrogen) atoms. The standard InChI is InChI=1S/C6H3F7/c1-2-3(7)5(10,11)6(12,13)4(2,8)9/h1H3. The summed E-state index contributed by atoms with van der Waals surface area (Å²) in [5, 5.41) is 0. The normalized spacial score (nSPS) is 29.5. The van der Waals surface area contributed by atoms with E-state index in [9.17, 15) is 30.7 Å². The maximum Gasteiger partial charge on any atom is 0.382 e. The highest BCUT2D eigenvalue weighted by atomic mass is 19.3. The largest absolute Gasteiger partial charge is 0.382 e. The van der Waals surface area contributed by atoms with E-state index in [4.69, 9.17) is 0 Å². The van der Waals surface area contributed by atoms with Crippen LogP contribution in [-0.4, -0.2) is 17.8 Å². The Bertz CT molecular complexity index is 249. The molecule has 0 saturated carbocycles. The van der Waals surface area contributed by atoms with Crippen molar-refractivity contribution < 1.29 is 30.7 Å². The molecule has 0 aromatic rings. The van der Waals surface area contributed by atoms with Crippen molar-refractivity contribution in [3.63, 3.8) is 0 Å². The van der Waals surface area contributed by atoms with Crippen LogP contribution in [-0.2, 0) is 0 Å². The van der Waals surface area contributed by atoms with Crippen LogP contribution in [0.1, 0.15) is 6.92 Å². The molecule has 0 nitrogen and oxygen atoms in total. The third-order valence-corrected chi connectivity index (χ3v) is 1.86. The Morgan fingerprint density at radius 3 is 1.31 bits per heavy atom. The summed E-state index contributed by atoms with van der Waals surface area (Å²) in [5.41, 5.74) is -1.91. The molecule has 0 N–H and O–H groups in total. The van der Waals surface area contributed by atoms with Gasteiger partial charge in [0.1, 0.15) is 0 Å². The Morgan fingerprint density at radius 1 is 0.846 bits per heavy atom. The molecular formula is C6H3F7. The van der Waals surface area contributed by atoms with Gasteiger partial charge in [0.15, 0.2) is 5.83 Å². The number of allylic oxidation sites excluding steroid dienone is 2. The first-order valence-electron chi connectivity index (χ1n) is 3.07. The van der Waals surface area contributed by atoms with Gasteiger partial charge in [0.25, 0.3) is 0 Å². The molecule has 1 aliphatic rings. The van der Waals surface area contributed by atoms with E-state index >= 15 is 0 Å². The van der Waals surface area contributed by atoms with Crippen LogP contribution in [0.3, 0.4) is 0 Å². The molecule has 0 aliphatic heterocycles. The molecule has 0 saturated heterocycles. The van der Waals surface area contributed by atoms with Gasteiger partial charge in [0.2, 0.25) is 0 Å². The van der Waals surface area contributed by atoms with E-state index in [0.717, 1.165) is 0 Å². The monoisotopic (exact) mass is 208 g/mol. The summed E-state index contributed by atoms with van der Waals surface area (Å²) in [4.78, 5) is 0. The van der Waals surface area contributed by atoms with Crippen molar-refractivity contribution in [1.82, 2.24) is 0 Å². The van der Waals surface area contributed by atoms with E-state index in [1.165, 1.54) is 0 Å². The van der Waals surface area contributed by atoms with Gasteiger partial charge in [0, 0.05) is 5.57 Å². The molecule has 1 aliphatic carbocycles. The second-order valence-corrected chi connectivity index (χ2v) is 2.66. The van der Waals surface area contributed by atoms with Crippen molar-refractivity contribution in [2.75, 3.05) is 0 Å². The highest BCUT2D eigenvalue weighted by molar-refractivity contribution is 5.35. The van der Waals surface area contributed by atoms with Crippen molar-refractivity contribution >= 4 is 0 Å². The molecular weight excluding hydrogens is 205 g/mol. The molecule has 0 unspecified atom stereocenters. The molecule has 0 bridgehead atoms. The first-order chi connectivity index (χ1) is 5.57. The van der Waals surface area contributed by atoms with Gasteiger partial charge in [-0.1, -0.05) is 0 Å². The minimum atomic E-state index is -5.69. The summed E-state index contributed by atoms with van der Waals surface area (Å²) in [7, 11) is 0. The minimum absolute atomic E-state index is 0.212. The first-order valence-corrected chi connectivity index (χ1v) is 3.07. The Morgan fingerprint density at radius 2 is 1.23 bits per heavy atom. The van der Waals surface area contributed by atoms with Crippen molar-refractivity contribution in [3.8, 4) is 0 Å². The van der Waals surface area contributed by atoms with Crippen LogP contribution in [0, 0.1) is 0 Å². The smallest absolute Gasteiger partial charge is 0.205 e. The number of halogens is 7. The predicted molar refractivity (Wildman–Crippen MR) is 28.6 cm³/mol. The van der Waals surface area contributed by atoms with Crippen molar-refractivity contribution in [1.29, 1.82) is 0 Å². The van der Waals surface area contributed by atoms with Gasteiger partial charge in [-0.2, -0.15) is 26.3 Å². The summed E-state index contributed by atoms with van der Waals surface area (Å²) in [5.74, 6) is -19.0. The SMILES string of the molecule is CC1=C(F)C(F)(F)C(F)(F)C1(F)F. The highest BCUT2D eigenvalue weighted by Gasteiger charge is 2.80. The van der Waals surface area contributed by atoms with E-state index in [0.29, 0.717) is 0 Å². The maximum atomic E-state index is 12.3. The number of rotatable bonds is 0. The number of alkyl halides is 6.